The average Bonchev–Trinajstić information content (AvgIpc) is 2.08. The normalized spacial score (nSPS) is 9.17. The fourth-order valence-corrected chi connectivity index (χ4v) is 1.13. The van der Waals surface area contributed by atoms with E-state index in [0.29, 0.717) is 11.6 Å². The lowest BCUT2D eigenvalue weighted by molar-refractivity contribution is 1.03. The van der Waals surface area contributed by atoms with Crippen LogP contribution in [0.5, 0.6) is 0 Å². The van der Waals surface area contributed by atoms with E-state index in [4.69, 9.17) is 17.1 Å². The molecule has 0 N–H and O–H groups in total. The highest BCUT2D eigenvalue weighted by Gasteiger charge is 1.99. The number of hydrogen-bond donors (Lipinski definition) is 0. The lowest BCUT2D eigenvalue weighted by Gasteiger charge is -2.02. The van der Waals surface area contributed by atoms with E-state index >= 15 is 0 Å². The molecule has 62 valence electrons. The van der Waals surface area contributed by atoms with Crippen LogP contribution in [0.4, 0.5) is 0 Å². The second-order valence-electron chi connectivity index (χ2n) is 2.41. The Balaban J connectivity index is 2.99. The van der Waals surface area contributed by atoms with Crippen LogP contribution in [0.25, 0.3) is 10.4 Å². The van der Waals surface area contributed by atoms with Crippen molar-refractivity contribution >= 4 is 11.6 Å². The van der Waals surface area contributed by atoms with Crippen LogP contribution in [0.15, 0.2) is 23.3 Å². The number of azide groups is 1. The van der Waals surface area contributed by atoms with Crippen molar-refractivity contribution in [3.8, 4) is 0 Å². The Bertz CT molecular complexity index is 329. The number of benzene rings is 1. The summed E-state index contributed by atoms with van der Waals surface area (Å²) < 4.78 is 0. The van der Waals surface area contributed by atoms with Gasteiger partial charge in [-0.15, -0.1) is 0 Å². The highest BCUT2D eigenvalue weighted by atomic mass is 35.5. The van der Waals surface area contributed by atoms with Gasteiger partial charge in [-0.3, -0.25) is 0 Å². The summed E-state index contributed by atoms with van der Waals surface area (Å²) in [6.07, 6.45) is 0. The molecule has 0 aliphatic heterocycles. The minimum absolute atomic E-state index is 0.364. The van der Waals surface area contributed by atoms with Crippen LogP contribution in [-0.2, 0) is 6.54 Å². The molecule has 0 radical (unpaired) electrons. The fraction of sp³-hybridized carbons (Fsp3) is 0.250. The van der Waals surface area contributed by atoms with Crippen molar-refractivity contribution in [1.29, 1.82) is 0 Å². The molecular formula is C8H8ClN3. The van der Waals surface area contributed by atoms with Gasteiger partial charge in [0.1, 0.15) is 0 Å². The number of hydrogen-bond acceptors (Lipinski definition) is 1. The van der Waals surface area contributed by atoms with E-state index in [9.17, 15) is 0 Å². The van der Waals surface area contributed by atoms with Gasteiger partial charge in [-0.05, 0) is 29.6 Å². The summed E-state index contributed by atoms with van der Waals surface area (Å²) in [5, 5.41) is 4.17. The first-order valence-electron chi connectivity index (χ1n) is 3.50. The minimum atomic E-state index is 0.364. The molecule has 0 amide bonds. The molecule has 1 rings (SSSR count). The topological polar surface area (TPSA) is 48.8 Å². The predicted octanol–water partition coefficient (Wildman–Crippen LogP) is 3.46. The smallest absolute Gasteiger partial charge is 0.0514 e. The van der Waals surface area contributed by atoms with Gasteiger partial charge in [-0.1, -0.05) is 28.8 Å². The fourth-order valence-electron chi connectivity index (χ4n) is 0.931. The molecule has 0 fully saturated rings. The lowest BCUT2D eigenvalue weighted by Crippen LogP contribution is -1.86. The van der Waals surface area contributed by atoms with Gasteiger partial charge in [-0.2, -0.15) is 0 Å². The summed E-state index contributed by atoms with van der Waals surface area (Å²) in [5.74, 6) is 0. The molecule has 0 aliphatic carbocycles. The van der Waals surface area contributed by atoms with Crippen molar-refractivity contribution < 1.29 is 0 Å². The van der Waals surface area contributed by atoms with E-state index in [0.717, 1.165) is 11.1 Å². The van der Waals surface area contributed by atoms with E-state index in [2.05, 4.69) is 10.0 Å². The molecule has 0 unspecified atom stereocenters. The van der Waals surface area contributed by atoms with Crippen molar-refractivity contribution in [3.63, 3.8) is 0 Å². The molecule has 1 aromatic rings. The molecule has 0 atom stereocenters. The van der Waals surface area contributed by atoms with Gasteiger partial charge in [-0.25, -0.2) is 0 Å². The summed E-state index contributed by atoms with van der Waals surface area (Å²) in [7, 11) is 0. The number of rotatable bonds is 2. The Morgan fingerprint density at radius 3 is 3.00 bits per heavy atom. The van der Waals surface area contributed by atoms with E-state index in [-0.39, 0.29) is 0 Å². The third-order valence-corrected chi connectivity index (χ3v) is 2.09. The number of halogens is 1. The average molecular weight is 182 g/mol. The van der Waals surface area contributed by atoms with E-state index in [1.165, 1.54) is 0 Å². The molecule has 0 aliphatic rings. The van der Waals surface area contributed by atoms with Crippen LogP contribution in [-0.4, -0.2) is 0 Å². The second-order valence-corrected chi connectivity index (χ2v) is 2.82. The zero-order valence-electron chi connectivity index (χ0n) is 6.66. The summed E-state index contributed by atoms with van der Waals surface area (Å²) in [5.41, 5.74) is 10.1. The first-order valence-corrected chi connectivity index (χ1v) is 3.88. The Hall–Kier alpha value is -1.18. The van der Waals surface area contributed by atoms with Gasteiger partial charge in [0, 0.05) is 9.93 Å². The van der Waals surface area contributed by atoms with Gasteiger partial charge in [0.05, 0.1) is 6.54 Å². The molecule has 0 heterocycles. The first kappa shape index (κ1) is 8.91. The van der Waals surface area contributed by atoms with Gasteiger partial charge in [0.25, 0.3) is 0 Å². The SMILES string of the molecule is Cc1c(Cl)cccc1CN=[N+]=[N-]. The molecular weight excluding hydrogens is 174 g/mol. The summed E-state index contributed by atoms with van der Waals surface area (Å²) >= 11 is 5.86. The highest BCUT2D eigenvalue weighted by molar-refractivity contribution is 6.31. The molecule has 1 aromatic carbocycles. The zero-order valence-corrected chi connectivity index (χ0v) is 7.41. The quantitative estimate of drug-likeness (QED) is 0.381. The maximum atomic E-state index is 8.11. The van der Waals surface area contributed by atoms with Crippen LogP contribution >= 0.6 is 11.6 Å². The van der Waals surface area contributed by atoms with Crippen LogP contribution in [0.3, 0.4) is 0 Å². The zero-order chi connectivity index (χ0) is 8.97. The number of nitrogens with zero attached hydrogens (tertiary/aromatic N) is 3. The first-order chi connectivity index (χ1) is 5.75. The third-order valence-electron chi connectivity index (χ3n) is 1.68. The minimum Gasteiger partial charge on any atom is -0.0893 e. The molecule has 3 nitrogen and oxygen atoms in total. The third kappa shape index (κ3) is 1.91. The van der Waals surface area contributed by atoms with E-state index < -0.39 is 0 Å². The van der Waals surface area contributed by atoms with Gasteiger partial charge in [0.2, 0.25) is 0 Å². The maximum Gasteiger partial charge on any atom is 0.0514 e. The van der Waals surface area contributed by atoms with Gasteiger partial charge >= 0.3 is 0 Å². The van der Waals surface area contributed by atoms with Crippen LogP contribution < -0.4 is 0 Å². The van der Waals surface area contributed by atoms with Gasteiger partial charge < -0.3 is 0 Å². The monoisotopic (exact) mass is 181 g/mol. The van der Waals surface area contributed by atoms with Crippen LogP contribution in [0, 0.1) is 6.92 Å². The molecule has 0 saturated carbocycles. The largest absolute Gasteiger partial charge is 0.0893 e. The molecule has 0 spiro atoms. The van der Waals surface area contributed by atoms with Crippen molar-refractivity contribution in [2.24, 2.45) is 5.11 Å². The summed E-state index contributed by atoms with van der Waals surface area (Å²) in [6.45, 7) is 2.27. The highest BCUT2D eigenvalue weighted by Crippen LogP contribution is 2.19. The Morgan fingerprint density at radius 2 is 2.33 bits per heavy atom. The predicted molar refractivity (Wildman–Crippen MR) is 49.0 cm³/mol. The molecule has 12 heavy (non-hydrogen) atoms. The van der Waals surface area contributed by atoms with Crippen molar-refractivity contribution in [2.75, 3.05) is 0 Å². The van der Waals surface area contributed by atoms with Gasteiger partial charge in [0.15, 0.2) is 0 Å². The Morgan fingerprint density at radius 1 is 1.58 bits per heavy atom. The molecule has 0 bridgehead atoms. The van der Waals surface area contributed by atoms with E-state index in [1.807, 2.05) is 25.1 Å². The van der Waals surface area contributed by atoms with Crippen molar-refractivity contribution in [1.82, 2.24) is 0 Å². The standard InChI is InChI=1S/C8H8ClN3/c1-6-7(5-11-12-10)3-2-4-8(6)9/h2-4H,5H2,1H3. The van der Waals surface area contributed by atoms with Crippen molar-refractivity contribution in [3.05, 3.63) is 44.8 Å². The molecule has 4 heteroatoms. The molecule has 0 aromatic heterocycles. The second kappa shape index (κ2) is 4.00. The summed E-state index contributed by atoms with van der Waals surface area (Å²) in [6, 6.07) is 5.56. The summed E-state index contributed by atoms with van der Waals surface area (Å²) in [4.78, 5) is 2.68. The van der Waals surface area contributed by atoms with E-state index in [1.54, 1.807) is 0 Å². The Labute approximate surface area is 75.6 Å². The molecule has 0 saturated heterocycles. The Kier molecular flexibility index (Phi) is 2.97. The maximum absolute atomic E-state index is 8.11. The van der Waals surface area contributed by atoms with Crippen LogP contribution in [0.2, 0.25) is 5.02 Å². The van der Waals surface area contributed by atoms with Crippen molar-refractivity contribution in [2.45, 2.75) is 13.5 Å². The lowest BCUT2D eigenvalue weighted by atomic mass is 10.1. The van der Waals surface area contributed by atoms with Crippen LogP contribution in [0.1, 0.15) is 11.1 Å².